The van der Waals surface area contributed by atoms with Gasteiger partial charge in [0.25, 0.3) is 0 Å². The summed E-state index contributed by atoms with van der Waals surface area (Å²) in [5.74, 6) is 6.04. The van der Waals surface area contributed by atoms with Crippen LogP contribution in [0.25, 0.3) is 0 Å². The number of hydrogen-bond acceptors (Lipinski definition) is 3. The molecule has 0 aliphatic rings. The number of hydrogen-bond donors (Lipinski definition) is 1. The van der Waals surface area contributed by atoms with Gasteiger partial charge in [0.15, 0.2) is 0 Å². The third kappa shape index (κ3) is 4.23. The zero-order valence-electron chi connectivity index (χ0n) is 11.6. The van der Waals surface area contributed by atoms with E-state index < -0.39 is 0 Å². The molecule has 0 aromatic heterocycles. The Bertz CT molecular complexity index is 671. The first kappa shape index (κ1) is 14.9. The Hall–Kier alpha value is -2.51. The van der Waals surface area contributed by atoms with Gasteiger partial charge in [0.1, 0.15) is 30.5 Å². The lowest BCUT2D eigenvalue weighted by Gasteiger charge is -2.08. The van der Waals surface area contributed by atoms with Crippen molar-refractivity contribution in [3.8, 4) is 23.3 Å². The SMILES string of the molecule is COc1ccc(COc2cccc(C#CCO)c2)c(F)c1. The van der Waals surface area contributed by atoms with Crippen LogP contribution in [-0.2, 0) is 6.61 Å². The first-order chi connectivity index (χ1) is 10.2. The second-order valence-electron chi connectivity index (χ2n) is 4.23. The molecule has 2 aromatic rings. The van der Waals surface area contributed by atoms with Crippen molar-refractivity contribution in [2.45, 2.75) is 6.61 Å². The van der Waals surface area contributed by atoms with Crippen molar-refractivity contribution in [1.82, 2.24) is 0 Å². The quantitative estimate of drug-likeness (QED) is 0.878. The Morgan fingerprint density at radius 2 is 2.00 bits per heavy atom. The van der Waals surface area contributed by atoms with Gasteiger partial charge in [-0.1, -0.05) is 17.9 Å². The van der Waals surface area contributed by atoms with Crippen molar-refractivity contribution in [3.63, 3.8) is 0 Å². The molecule has 4 heteroatoms. The summed E-state index contributed by atoms with van der Waals surface area (Å²) in [6.07, 6.45) is 0. The minimum atomic E-state index is -0.370. The number of benzene rings is 2. The van der Waals surface area contributed by atoms with Crippen LogP contribution in [-0.4, -0.2) is 18.8 Å². The fourth-order valence-electron chi connectivity index (χ4n) is 1.74. The molecule has 1 N–H and O–H groups in total. The van der Waals surface area contributed by atoms with Gasteiger partial charge in [-0.15, -0.1) is 0 Å². The van der Waals surface area contributed by atoms with E-state index in [0.717, 1.165) is 5.56 Å². The fraction of sp³-hybridized carbons (Fsp3) is 0.176. The number of ether oxygens (including phenoxy) is 2. The molecule has 0 saturated carbocycles. The Kier molecular flexibility index (Phi) is 5.19. The van der Waals surface area contributed by atoms with Crippen molar-refractivity contribution in [1.29, 1.82) is 0 Å². The van der Waals surface area contributed by atoms with Crippen LogP contribution in [0.4, 0.5) is 4.39 Å². The first-order valence-corrected chi connectivity index (χ1v) is 6.38. The number of aliphatic hydroxyl groups is 1. The van der Waals surface area contributed by atoms with E-state index in [-0.39, 0.29) is 19.0 Å². The van der Waals surface area contributed by atoms with Crippen LogP contribution in [0.5, 0.6) is 11.5 Å². The molecule has 0 amide bonds. The van der Waals surface area contributed by atoms with Gasteiger partial charge in [-0.25, -0.2) is 4.39 Å². The molecule has 2 rings (SSSR count). The van der Waals surface area contributed by atoms with E-state index >= 15 is 0 Å². The molecule has 0 aliphatic carbocycles. The zero-order valence-corrected chi connectivity index (χ0v) is 11.6. The molecule has 3 nitrogen and oxygen atoms in total. The van der Waals surface area contributed by atoms with Crippen LogP contribution in [0.2, 0.25) is 0 Å². The van der Waals surface area contributed by atoms with Gasteiger partial charge >= 0.3 is 0 Å². The summed E-state index contributed by atoms with van der Waals surface area (Å²) in [5, 5.41) is 8.67. The van der Waals surface area contributed by atoms with Crippen LogP contribution in [0.3, 0.4) is 0 Å². The van der Waals surface area contributed by atoms with Gasteiger partial charge in [0, 0.05) is 17.2 Å². The van der Waals surface area contributed by atoms with Crippen LogP contribution < -0.4 is 9.47 Å². The molecule has 0 heterocycles. The standard InChI is InChI=1S/C17H15FO3/c1-20-15-8-7-14(17(18)11-15)12-21-16-6-2-4-13(10-16)5-3-9-19/h2,4,6-8,10-11,19H,9,12H2,1H3. The summed E-state index contributed by atoms with van der Waals surface area (Å²) >= 11 is 0. The third-order valence-corrected chi connectivity index (χ3v) is 2.80. The van der Waals surface area contributed by atoms with E-state index in [2.05, 4.69) is 11.8 Å². The molecule has 0 saturated heterocycles. The second-order valence-corrected chi connectivity index (χ2v) is 4.23. The molecule has 2 aromatic carbocycles. The van der Waals surface area contributed by atoms with Gasteiger partial charge in [0.2, 0.25) is 0 Å². The van der Waals surface area contributed by atoms with Crippen LogP contribution >= 0.6 is 0 Å². The van der Waals surface area contributed by atoms with Crippen molar-refractivity contribution >= 4 is 0 Å². The second kappa shape index (κ2) is 7.32. The molecule has 108 valence electrons. The third-order valence-electron chi connectivity index (χ3n) is 2.80. The minimum Gasteiger partial charge on any atom is -0.497 e. The number of aliphatic hydroxyl groups excluding tert-OH is 1. The fourth-order valence-corrected chi connectivity index (χ4v) is 1.74. The molecule has 0 fully saturated rings. The highest BCUT2D eigenvalue weighted by Gasteiger charge is 2.05. The molecule has 0 bridgehead atoms. The normalized spacial score (nSPS) is 9.67. The van der Waals surface area contributed by atoms with Gasteiger partial charge < -0.3 is 14.6 Å². The lowest BCUT2D eigenvalue weighted by atomic mass is 10.2. The van der Waals surface area contributed by atoms with E-state index in [0.29, 0.717) is 17.1 Å². The Labute approximate surface area is 122 Å². The van der Waals surface area contributed by atoms with Crippen molar-refractivity contribution in [2.75, 3.05) is 13.7 Å². The first-order valence-electron chi connectivity index (χ1n) is 6.38. The van der Waals surface area contributed by atoms with E-state index in [1.54, 1.807) is 30.3 Å². The molecule has 0 aliphatic heterocycles. The molecular formula is C17H15FO3. The Morgan fingerprint density at radius 3 is 2.71 bits per heavy atom. The maximum absolute atomic E-state index is 13.8. The monoisotopic (exact) mass is 286 g/mol. The topological polar surface area (TPSA) is 38.7 Å². The highest BCUT2D eigenvalue weighted by atomic mass is 19.1. The molecule has 0 spiro atoms. The van der Waals surface area contributed by atoms with Crippen molar-refractivity contribution < 1.29 is 19.0 Å². The predicted molar refractivity (Wildman–Crippen MR) is 77.7 cm³/mol. The van der Waals surface area contributed by atoms with Crippen LogP contribution in [0.15, 0.2) is 42.5 Å². The smallest absolute Gasteiger partial charge is 0.133 e. The largest absolute Gasteiger partial charge is 0.497 e. The van der Waals surface area contributed by atoms with Crippen molar-refractivity contribution in [3.05, 3.63) is 59.4 Å². The van der Waals surface area contributed by atoms with Crippen LogP contribution in [0.1, 0.15) is 11.1 Å². The maximum Gasteiger partial charge on any atom is 0.133 e. The molecule has 0 unspecified atom stereocenters. The lowest BCUT2D eigenvalue weighted by Crippen LogP contribution is -1.99. The molecular weight excluding hydrogens is 271 g/mol. The number of halogens is 1. The zero-order chi connectivity index (χ0) is 15.1. The van der Waals surface area contributed by atoms with Gasteiger partial charge in [-0.05, 0) is 30.3 Å². The van der Waals surface area contributed by atoms with Gasteiger partial charge in [0.05, 0.1) is 7.11 Å². The Morgan fingerprint density at radius 1 is 1.14 bits per heavy atom. The van der Waals surface area contributed by atoms with Gasteiger partial charge in [-0.2, -0.15) is 0 Å². The summed E-state index contributed by atoms with van der Waals surface area (Å²) in [6, 6.07) is 11.7. The molecule has 0 atom stereocenters. The average molecular weight is 286 g/mol. The Balaban J connectivity index is 2.06. The summed E-state index contributed by atoms with van der Waals surface area (Å²) < 4.78 is 24.3. The maximum atomic E-state index is 13.8. The summed E-state index contributed by atoms with van der Waals surface area (Å²) in [5.41, 5.74) is 1.18. The highest BCUT2D eigenvalue weighted by molar-refractivity contribution is 5.40. The number of rotatable bonds is 4. The summed E-state index contributed by atoms with van der Waals surface area (Å²) in [6.45, 7) is -0.0745. The number of methoxy groups -OCH3 is 1. The van der Waals surface area contributed by atoms with E-state index in [1.165, 1.54) is 13.2 Å². The minimum absolute atomic E-state index is 0.118. The lowest BCUT2D eigenvalue weighted by molar-refractivity contribution is 0.299. The summed E-state index contributed by atoms with van der Waals surface area (Å²) in [4.78, 5) is 0. The molecule has 21 heavy (non-hydrogen) atoms. The average Bonchev–Trinajstić information content (AvgIpc) is 2.52. The summed E-state index contributed by atoms with van der Waals surface area (Å²) in [7, 11) is 1.49. The highest BCUT2D eigenvalue weighted by Crippen LogP contribution is 2.19. The van der Waals surface area contributed by atoms with Gasteiger partial charge in [-0.3, -0.25) is 0 Å². The van der Waals surface area contributed by atoms with E-state index in [9.17, 15) is 4.39 Å². The van der Waals surface area contributed by atoms with Crippen LogP contribution in [0, 0.1) is 17.7 Å². The van der Waals surface area contributed by atoms with Crippen molar-refractivity contribution in [2.24, 2.45) is 0 Å². The van der Waals surface area contributed by atoms with E-state index in [1.807, 2.05) is 6.07 Å². The molecule has 0 radical (unpaired) electrons. The predicted octanol–water partition coefficient (Wildman–Crippen LogP) is 2.76. The van der Waals surface area contributed by atoms with E-state index in [4.69, 9.17) is 14.6 Å².